The molecule has 0 aromatic carbocycles. The number of ether oxygens (including phenoxy) is 1. The summed E-state index contributed by atoms with van der Waals surface area (Å²) in [4.78, 5) is 2.02. The molecule has 0 bridgehead atoms. The van der Waals surface area contributed by atoms with Crippen molar-refractivity contribution in [3.63, 3.8) is 0 Å². The number of thiocarbonyl (C=S) groups is 1. The second-order valence-electron chi connectivity index (χ2n) is 6.47. The Morgan fingerprint density at radius 3 is 2.18 bits per heavy atom. The molecule has 0 fully saturated rings. The van der Waals surface area contributed by atoms with E-state index in [9.17, 15) is 0 Å². The Morgan fingerprint density at radius 1 is 1.24 bits per heavy atom. The van der Waals surface area contributed by atoms with Crippen LogP contribution in [0, 0.1) is 5.41 Å². The smallest absolute Gasteiger partial charge is 0.169 e. The third-order valence-corrected chi connectivity index (χ3v) is 2.81. The fourth-order valence-corrected chi connectivity index (χ4v) is 2.45. The lowest BCUT2D eigenvalue weighted by atomic mass is 9.82. The van der Waals surface area contributed by atoms with E-state index in [0.717, 1.165) is 18.1 Å². The molecule has 0 aromatic rings. The Labute approximate surface area is 112 Å². The second kappa shape index (κ2) is 6.55. The summed E-state index contributed by atoms with van der Waals surface area (Å²) in [7, 11) is 3.69. The maximum atomic E-state index is 5.39. The molecular formula is C13H28N2OS. The van der Waals surface area contributed by atoms with E-state index in [0.29, 0.717) is 6.61 Å². The number of rotatable bonds is 5. The van der Waals surface area contributed by atoms with Crippen molar-refractivity contribution in [1.29, 1.82) is 0 Å². The molecule has 0 aromatic heterocycles. The molecule has 0 rings (SSSR count). The molecular weight excluding hydrogens is 232 g/mol. The van der Waals surface area contributed by atoms with Crippen LogP contribution in [0.25, 0.3) is 0 Å². The highest BCUT2D eigenvalue weighted by Crippen LogP contribution is 2.26. The molecule has 0 amide bonds. The van der Waals surface area contributed by atoms with Crippen molar-refractivity contribution in [2.45, 2.75) is 46.6 Å². The van der Waals surface area contributed by atoms with Gasteiger partial charge in [-0.15, -0.1) is 0 Å². The van der Waals surface area contributed by atoms with Gasteiger partial charge in [0.2, 0.25) is 0 Å². The van der Waals surface area contributed by atoms with Gasteiger partial charge in [-0.25, -0.2) is 0 Å². The van der Waals surface area contributed by atoms with Crippen LogP contribution in [-0.2, 0) is 4.74 Å². The lowest BCUT2D eigenvalue weighted by molar-refractivity contribution is 0.180. The molecule has 0 radical (unpaired) electrons. The molecule has 0 saturated carbocycles. The summed E-state index contributed by atoms with van der Waals surface area (Å²) >= 11 is 5.39. The van der Waals surface area contributed by atoms with Crippen LogP contribution < -0.4 is 5.32 Å². The summed E-state index contributed by atoms with van der Waals surface area (Å²) in [5.74, 6) is 0. The maximum Gasteiger partial charge on any atom is 0.169 e. The molecule has 0 aliphatic heterocycles. The highest BCUT2D eigenvalue weighted by Gasteiger charge is 2.26. The number of hydrogen-bond donors (Lipinski definition) is 1. The molecule has 0 heterocycles. The number of likely N-dealkylation sites (N-methyl/N-ethyl adjacent to an activating group) is 1. The highest BCUT2D eigenvalue weighted by molar-refractivity contribution is 7.80. The Bertz CT molecular complexity index is 246. The van der Waals surface area contributed by atoms with E-state index in [1.165, 1.54) is 0 Å². The molecule has 0 saturated heterocycles. The van der Waals surface area contributed by atoms with E-state index >= 15 is 0 Å². The van der Waals surface area contributed by atoms with Crippen LogP contribution in [0.2, 0.25) is 0 Å². The van der Waals surface area contributed by atoms with Crippen molar-refractivity contribution in [3.05, 3.63) is 0 Å². The van der Waals surface area contributed by atoms with Crippen LogP contribution in [0.5, 0.6) is 0 Å². The minimum absolute atomic E-state index is 0.0106. The minimum atomic E-state index is 0.0106. The van der Waals surface area contributed by atoms with Crippen molar-refractivity contribution >= 4 is 17.3 Å². The molecule has 17 heavy (non-hydrogen) atoms. The van der Waals surface area contributed by atoms with Gasteiger partial charge in [0.15, 0.2) is 5.11 Å². The van der Waals surface area contributed by atoms with Crippen molar-refractivity contribution < 1.29 is 4.74 Å². The van der Waals surface area contributed by atoms with Crippen molar-refractivity contribution in [1.82, 2.24) is 10.2 Å². The topological polar surface area (TPSA) is 24.5 Å². The average Bonchev–Trinajstić information content (AvgIpc) is 2.08. The monoisotopic (exact) mass is 260 g/mol. The van der Waals surface area contributed by atoms with E-state index < -0.39 is 0 Å². The van der Waals surface area contributed by atoms with Gasteiger partial charge in [-0.05, 0) is 37.9 Å². The van der Waals surface area contributed by atoms with E-state index in [4.69, 9.17) is 17.0 Å². The molecule has 0 unspecified atom stereocenters. The summed E-state index contributed by atoms with van der Waals surface area (Å²) < 4.78 is 5.04. The van der Waals surface area contributed by atoms with Gasteiger partial charge in [0, 0.05) is 26.2 Å². The van der Waals surface area contributed by atoms with Crippen molar-refractivity contribution in [2.75, 3.05) is 27.3 Å². The van der Waals surface area contributed by atoms with Gasteiger partial charge in [0.1, 0.15) is 0 Å². The van der Waals surface area contributed by atoms with Gasteiger partial charge >= 0.3 is 0 Å². The quantitative estimate of drug-likeness (QED) is 0.768. The van der Waals surface area contributed by atoms with Gasteiger partial charge in [-0.3, -0.25) is 0 Å². The molecule has 0 atom stereocenters. The molecule has 3 nitrogen and oxygen atoms in total. The maximum absolute atomic E-state index is 5.39. The molecule has 1 N–H and O–H groups in total. The molecule has 102 valence electrons. The number of nitrogens with zero attached hydrogens (tertiary/aromatic N) is 1. The lowest BCUT2D eigenvalue weighted by Crippen LogP contribution is -2.50. The van der Waals surface area contributed by atoms with E-state index in [-0.39, 0.29) is 11.0 Å². The predicted molar refractivity (Wildman–Crippen MR) is 78.4 cm³/mol. The lowest BCUT2D eigenvalue weighted by Gasteiger charge is -2.36. The fraction of sp³-hybridized carbons (Fsp3) is 0.923. The zero-order valence-corrected chi connectivity index (χ0v) is 13.2. The first-order chi connectivity index (χ1) is 7.57. The van der Waals surface area contributed by atoms with Crippen LogP contribution in [0.3, 0.4) is 0 Å². The Kier molecular flexibility index (Phi) is 6.41. The van der Waals surface area contributed by atoms with Crippen LogP contribution >= 0.6 is 12.2 Å². The van der Waals surface area contributed by atoms with E-state index in [1.54, 1.807) is 7.11 Å². The number of nitrogens with one attached hydrogen (secondary N) is 1. The molecule has 0 spiro atoms. The van der Waals surface area contributed by atoms with Crippen LogP contribution in [0.15, 0.2) is 0 Å². The van der Waals surface area contributed by atoms with Crippen molar-refractivity contribution in [2.24, 2.45) is 5.41 Å². The highest BCUT2D eigenvalue weighted by atomic mass is 32.1. The zero-order chi connectivity index (χ0) is 13.7. The first-order valence-corrected chi connectivity index (χ1v) is 6.50. The molecule has 0 aliphatic carbocycles. The molecule has 0 aliphatic rings. The van der Waals surface area contributed by atoms with Gasteiger partial charge in [0.05, 0.1) is 6.61 Å². The second-order valence-corrected chi connectivity index (χ2v) is 6.85. The summed E-state index contributed by atoms with van der Waals surface area (Å²) in [6, 6.07) is 0. The summed E-state index contributed by atoms with van der Waals surface area (Å²) in [5.41, 5.74) is 0.299. The van der Waals surface area contributed by atoms with E-state index in [1.807, 2.05) is 11.9 Å². The summed E-state index contributed by atoms with van der Waals surface area (Å²) in [6.45, 7) is 12.6. The molecule has 4 heteroatoms. The van der Waals surface area contributed by atoms with Crippen LogP contribution in [0.4, 0.5) is 0 Å². The predicted octanol–water partition coefficient (Wildman–Crippen LogP) is 2.65. The van der Waals surface area contributed by atoms with E-state index in [2.05, 4.69) is 39.9 Å². The first kappa shape index (κ1) is 16.6. The van der Waals surface area contributed by atoms with Crippen LogP contribution in [0.1, 0.15) is 41.0 Å². The minimum Gasteiger partial charge on any atom is -0.383 e. The Morgan fingerprint density at radius 2 is 1.76 bits per heavy atom. The Balaban J connectivity index is 4.26. The normalized spacial score (nSPS) is 12.4. The standard InChI is InChI=1S/C13H28N2OS/c1-12(2,3)10-13(4,5)14-11(17)15(6)8-9-16-7/h8-10H2,1-7H3,(H,14,17). The fourth-order valence-electron chi connectivity index (χ4n) is 2.08. The number of hydrogen-bond acceptors (Lipinski definition) is 2. The van der Waals surface area contributed by atoms with Gasteiger partial charge in [-0.1, -0.05) is 20.8 Å². The zero-order valence-electron chi connectivity index (χ0n) is 12.4. The third kappa shape index (κ3) is 8.38. The van der Waals surface area contributed by atoms with Gasteiger partial charge in [0.25, 0.3) is 0 Å². The largest absolute Gasteiger partial charge is 0.383 e. The van der Waals surface area contributed by atoms with Gasteiger partial charge < -0.3 is 15.0 Å². The third-order valence-electron chi connectivity index (χ3n) is 2.40. The number of methoxy groups -OCH3 is 1. The summed E-state index contributed by atoms with van der Waals surface area (Å²) in [6.07, 6.45) is 1.07. The van der Waals surface area contributed by atoms with Gasteiger partial charge in [-0.2, -0.15) is 0 Å². The SMILES string of the molecule is COCCN(C)C(=S)NC(C)(C)CC(C)(C)C. The average molecular weight is 260 g/mol. The summed E-state index contributed by atoms with van der Waals surface area (Å²) in [5, 5.41) is 4.21. The van der Waals surface area contributed by atoms with Crippen molar-refractivity contribution in [3.8, 4) is 0 Å². The van der Waals surface area contributed by atoms with Crippen LogP contribution in [-0.4, -0.2) is 42.9 Å². The first-order valence-electron chi connectivity index (χ1n) is 6.10. The Hall–Kier alpha value is -0.350.